The number of fused-ring (bicyclic) bond motifs is 5. The fraction of sp³-hybridized carbons (Fsp3) is 0.667. The summed E-state index contributed by atoms with van der Waals surface area (Å²) in [6.45, 7) is 3.19. The molecule has 4 aliphatic carbocycles. The molecule has 2 N–H and O–H groups in total. The van der Waals surface area contributed by atoms with Crippen molar-refractivity contribution in [3.8, 4) is 0 Å². The molecular weight excluding hydrogens is 332 g/mol. The third kappa shape index (κ3) is 2.01. The van der Waals surface area contributed by atoms with Gasteiger partial charge in [0.15, 0.2) is 11.6 Å². The molecular formula is C21H26O5. The quantitative estimate of drug-likeness (QED) is 0.785. The molecule has 6 atom stereocenters. The summed E-state index contributed by atoms with van der Waals surface area (Å²) in [6.07, 6.45) is 7.82. The Balaban J connectivity index is 1.76. The second-order valence-corrected chi connectivity index (χ2v) is 9.02. The second-order valence-electron chi connectivity index (χ2n) is 9.02. The molecule has 1 unspecified atom stereocenters. The molecule has 0 amide bonds. The van der Waals surface area contributed by atoms with Crippen LogP contribution >= 0.6 is 0 Å². The zero-order valence-electron chi connectivity index (χ0n) is 15.3. The minimum atomic E-state index is -1.62. The molecule has 5 heteroatoms. The molecule has 0 heterocycles. The van der Waals surface area contributed by atoms with Crippen LogP contribution in [0.25, 0.3) is 0 Å². The lowest BCUT2D eigenvalue weighted by Gasteiger charge is -2.56. The van der Waals surface area contributed by atoms with Crippen molar-refractivity contribution in [2.75, 3.05) is 6.61 Å². The molecule has 5 nitrogen and oxygen atoms in total. The predicted octanol–water partition coefficient (Wildman–Crippen LogP) is 1.77. The van der Waals surface area contributed by atoms with E-state index in [1.165, 1.54) is 0 Å². The van der Waals surface area contributed by atoms with Crippen LogP contribution in [0.15, 0.2) is 23.8 Å². The Hall–Kier alpha value is -1.59. The Kier molecular flexibility index (Phi) is 3.74. The highest BCUT2D eigenvalue weighted by Gasteiger charge is 2.68. The summed E-state index contributed by atoms with van der Waals surface area (Å²) < 4.78 is 0. The number of allylic oxidation sites excluding steroid dienone is 4. The van der Waals surface area contributed by atoms with Gasteiger partial charge >= 0.3 is 0 Å². The molecule has 26 heavy (non-hydrogen) atoms. The van der Waals surface area contributed by atoms with E-state index in [4.69, 9.17) is 0 Å². The number of aliphatic hydroxyl groups excluding tert-OH is 1. The van der Waals surface area contributed by atoms with E-state index >= 15 is 0 Å². The number of hydrogen-bond acceptors (Lipinski definition) is 5. The van der Waals surface area contributed by atoms with E-state index in [2.05, 4.69) is 0 Å². The van der Waals surface area contributed by atoms with E-state index in [1.54, 1.807) is 12.2 Å². The molecule has 0 aromatic rings. The van der Waals surface area contributed by atoms with Crippen LogP contribution in [0.4, 0.5) is 0 Å². The summed E-state index contributed by atoms with van der Waals surface area (Å²) in [7, 11) is 0. The minimum Gasteiger partial charge on any atom is -0.388 e. The SMILES string of the molecule is C[C@]12C=CC(=O)C=C1CC[C@@H]1C3CC[C@](O)(C(=O)CO)[C@@]3(C)CC(=O)[C@H]12. The smallest absolute Gasteiger partial charge is 0.190 e. The first-order valence-corrected chi connectivity index (χ1v) is 9.51. The zero-order chi connectivity index (χ0) is 18.9. The lowest BCUT2D eigenvalue weighted by atomic mass is 9.46. The number of carbonyl (C=O) groups is 3. The third-order valence-electron chi connectivity index (χ3n) is 8.01. The molecule has 0 aromatic heterocycles. The topological polar surface area (TPSA) is 91.7 Å². The fourth-order valence-corrected chi connectivity index (χ4v) is 6.62. The average molecular weight is 358 g/mol. The van der Waals surface area contributed by atoms with Crippen molar-refractivity contribution >= 4 is 17.3 Å². The van der Waals surface area contributed by atoms with E-state index in [0.717, 1.165) is 18.4 Å². The largest absolute Gasteiger partial charge is 0.388 e. The van der Waals surface area contributed by atoms with Crippen LogP contribution in [0.2, 0.25) is 0 Å². The molecule has 0 spiro atoms. The van der Waals surface area contributed by atoms with Gasteiger partial charge in [0, 0.05) is 23.2 Å². The van der Waals surface area contributed by atoms with Gasteiger partial charge in [0.25, 0.3) is 0 Å². The number of aliphatic hydroxyl groups is 2. The van der Waals surface area contributed by atoms with E-state index in [0.29, 0.717) is 12.8 Å². The average Bonchev–Trinajstić information content (AvgIpc) is 2.86. The van der Waals surface area contributed by atoms with Crippen LogP contribution in [0, 0.1) is 28.6 Å². The molecule has 140 valence electrons. The van der Waals surface area contributed by atoms with Crippen LogP contribution in [0.1, 0.15) is 46.0 Å². The van der Waals surface area contributed by atoms with Crippen LogP contribution in [-0.4, -0.2) is 39.8 Å². The number of Topliss-reactive ketones (excluding diaryl/α,β-unsaturated/α-hetero) is 2. The van der Waals surface area contributed by atoms with Gasteiger partial charge in [-0.2, -0.15) is 0 Å². The summed E-state index contributed by atoms with van der Waals surface area (Å²) in [5.41, 5.74) is -1.86. The van der Waals surface area contributed by atoms with Gasteiger partial charge < -0.3 is 10.2 Å². The van der Waals surface area contributed by atoms with Crippen LogP contribution in [-0.2, 0) is 14.4 Å². The summed E-state index contributed by atoms with van der Waals surface area (Å²) in [5, 5.41) is 20.5. The first kappa shape index (κ1) is 17.8. The highest BCUT2D eigenvalue weighted by molar-refractivity contribution is 6.02. The number of rotatable bonds is 2. The maximum atomic E-state index is 13.3. The van der Waals surface area contributed by atoms with Gasteiger partial charge in [0.2, 0.25) is 0 Å². The van der Waals surface area contributed by atoms with Crippen LogP contribution in [0.5, 0.6) is 0 Å². The fourth-order valence-electron chi connectivity index (χ4n) is 6.62. The molecule has 3 fully saturated rings. The molecule has 3 saturated carbocycles. The first-order valence-electron chi connectivity index (χ1n) is 9.51. The molecule has 4 aliphatic rings. The zero-order valence-corrected chi connectivity index (χ0v) is 15.3. The predicted molar refractivity (Wildman–Crippen MR) is 94.0 cm³/mol. The molecule has 0 saturated heterocycles. The Morgan fingerprint density at radius 1 is 1.27 bits per heavy atom. The van der Waals surface area contributed by atoms with Gasteiger partial charge in [0.1, 0.15) is 18.0 Å². The van der Waals surface area contributed by atoms with Crippen molar-refractivity contribution in [1.29, 1.82) is 0 Å². The highest BCUT2D eigenvalue weighted by atomic mass is 16.3. The van der Waals surface area contributed by atoms with E-state index in [-0.39, 0.29) is 35.7 Å². The van der Waals surface area contributed by atoms with Crippen molar-refractivity contribution in [3.63, 3.8) is 0 Å². The Labute approximate surface area is 153 Å². The highest BCUT2D eigenvalue weighted by Crippen LogP contribution is 2.66. The normalized spacial score (nSPS) is 47.1. The summed E-state index contributed by atoms with van der Waals surface area (Å²) in [5.74, 6) is -0.590. The Morgan fingerprint density at radius 3 is 2.69 bits per heavy atom. The third-order valence-corrected chi connectivity index (χ3v) is 8.01. The van der Waals surface area contributed by atoms with Gasteiger partial charge in [-0.15, -0.1) is 0 Å². The van der Waals surface area contributed by atoms with Crippen LogP contribution in [0.3, 0.4) is 0 Å². The van der Waals surface area contributed by atoms with Gasteiger partial charge in [-0.25, -0.2) is 0 Å². The minimum absolute atomic E-state index is 0.0206. The van der Waals surface area contributed by atoms with Crippen molar-refractivity contribution < 1.29 is 24.6 Å². The standard InChI is InChI=1S/C21H26O5/c1-19-7-5-13(23)9-12(19)3-4-14-15-6-8-21(26,17(25)11-22)20(15,2)10-16(24)18(14)19/h5,7,9,14-15,18,22,26H,3-4,6,8,10-11H2,1-2H3/t14-,15?,18+,19+,20+,21+/m1/s1. The maximum Gasteiger partial charge on any atom is 0.190 e. The summed E-state index contributed by atoms with van der Waals surface area (Å²) in [6, 6.07) is 0. The monoisotopic (exact) mass is 358 g/mol. The lowest BCUT2D eigenvalue weighted by molar-refractivity contribution is -0.168. The molecule has 4 rings (SSSR count). The molecule has 0 aromatic carbocycles. The second kappa shape index (κ2) is 5.46. The number of hydrogen-bond donors (Lipinski definition) is 2. The number of carbonyl (C=O) groups excluding carboxylic acids is 3. The van der Waals surface area contributed by atoms with Gasteiger partial charge in [-0.3, -0.25) is 14.4 Å². The van der Waals surface area contributed by atoms with Crippen molar-refractivity contribution in [1.82, 2.24) is 0 Å². The van der Waals surface area contributed by atoms with Gasteiger partial charge in [-0.05, 0) is 49.7 Å². The first-order chi connectivity index (χ1) is 12.2. The summed E-state index contributed by atoms with van der Waals surface area (Å²) in [4.78, 5) is 37.4. The van der Waals surface area contributed by atoms with E-state index in [9.17, 15) is 24.6 Å². The lowest BCUT2D eigenvalue weighted by Crippen LogP contribution is -2.60. The van der Waals surface area contributed by atoms with Gasteiger partial charge in [0.05, 0.1) is 0 Å². The van der Waals surface area contributed by atoms with Crippen molar-refractivity contribution in [3.05, 3.63) is 23.8 Å². The van der Waals surface area contributed by atoms with E-state index in [1.807, 2.05) is 19.9 Å². The molecule has 0 bridgehead atoms. The number of ketones is 3. The van der Waals surface area contributed by atoms with Gasteiger partial charge in [-0.1, -0.05) is 25.5 Å². The van der Waals surface area contributed by atoms with E-state index < -0.39 is 28.8 Å². The summed E-state index contributed by atoms with van der Waals surface area (Å²) >= 11 is 0. The van der Waals surface area contributed by atoms with Crippen molar-refractivity contribution in [2.24, 2.45) is 28.6 Å². The Bertz CT molecular complexity index is 764. The van der Waals surface area contributed by atoms with Crippen LogP contribution < -0.4 is 0 Å². The Morgan fingerprint density at radius 2 is 2.00 bits per heavy atom. The molecule has 0 radical (unpaired) electrons. The maximum absolute atomic E-state index is 13.3. The van der Waals surface area contributed by atoms with Crippen molar-refractivity contribution in [2.45, 2.75) is 51.6 Å². The molecule has 0 aliphatic heterocycles.